The molecule has 1 heterocycles. The molecule has 0 unspecified atom stereocenters. The summed E-state index contributed by atoms with van der Waals surface area (Å²) >= 11 is 0. The lowest BCUT2D eigenvalue weighted by molar-refractivity contribution is -0.134. The molecule has 2 aromatic carbocycles. The van der Waals surface area contributed by atoms with Gasteiger partial charge in [-0.05, 0) is 93.6 Å². The number of aliphatic carboxylic acids is 2. The Morgan fingerprint density at radius 3 is 2.03 bits per heavy atom. The molecule has 7 heteroatoms. The van der Waals surface area contributed by atoms with Crippen molar-refractivity contribution >= 4 is 23.8 Å². The van der Waals surface area contributed by atoms with E-state index in [0.717, 1.165) is 47.6 Å². The van der Waals surface area contributed by atoms with Gasteiger partial charge in [0.15, 0.2) is 5.78 Å². The number of rotatable bonds is 10. The van der Waals surface area contributed by atoms with Crippen LogP contribution in [-0.2, 0) is 9.59 Å². The van der Waals surface area contributed by atoms with E-state index in [2.05, 4.69) is 4.90 Å². The van der Waals surface area contributed by atoms with Gasteiger partial charge in [0.25, 0.3) is 0 Å². The van der Waals surface area contributed by atoms with Crippen LogP contribution in [0.5, 0.6) is 5.75 Å². The molecule has 0 amide bonds. The normalized spacial score (nSPS) is 13.5. The lowest BCUT2D eigenvalue weighted by atomic mass is 10.0. The van der Waals surface area contributed by atoms with Crippen molar-refractivity contribution in [3.63, 3.8) is 0 Å². The lowest BCUT2D eigenvalue weighted by Crippen LogP contribution is -2.22. The average Bonchev–Trinajstić information content (AvgIpc) is 3.35. The third-order valence-corrected chi connectivity index (χ3v) is 5.78. The first kappa shape index (κ1) is 28.5. The summed E-state index contributed by atoms with van der Waals surface area (Å²) in [5.41, 5.74) is 4.99. The third kappa shape index (κ3) is 9.88. The number of ether oxygens (including phenoxy) is 1. The molecule has 36 heavy (non-hydrogen) atoms. The molecule has 1 saturated heterocycles. The maximum absolute atomic E-state index is 12.6. The van der Waals surface area contributed by atoms with Gasteiger partial charge < -0.3 is 19.8 Å². The average molecular weight is 494 g/mol. The summed E-state index contributed by atoms with van der Waals surface area (Å²) in [4.78, 5) is 34.2. The Labute approximate surface area is 212 Å². The summed E-state index contributed by atoms with van der Waals surface area (Å²) in [6.45, 7) is 10.4. The highest BCUT2D eigenvalue weighted by atomic mass is 16.5. The Morgan fingerprint density at radius 2 is 1.47 bits per heavy atom. The molecule has 0 saturated carbocycles. The van der Waals surface area contributed by atoms with Crippen LogP contribution in [0, 0.1) is 20.8 Å². The first-order valence-electron chi connectivity index (χ1n) is 12.1. The van der Waals surface area contributed by atoms with Crippen LogP contribution in [0.15, 0.2) is 54.6 Å². The number of nitrogens with zero attached hydrogens (tertiary/aromatic N) is 1. The summed E-state index contributed by atoms with van der Waals surface area (Å²) < 4.78 is 6.05. The Hall–Kier alpha value is -3.71. The largest absolute Gasteiger partial charge is 0.493 e. The highest BCUT2D eigenvalue weighted by Crippen LogP contribution is 2.26. The number of carboxylic acids is 2. The predicted molar refractivity (Wildman–Crippen MR) is 141 cm³/mol. The van der Waals surface area contributed by atoms with Crippen LogP contribution in [0.1, 0.15) is 51.9 Å². The summed E-state index contributed by atoms with van der Waals surface area (Å²) in [6.07, 6.45) is 8.36. The molecule has 1 aliphatic rings. The fourth-order valence-electron chi connectivity index (χ4n) is 3.97. The van der Waals surface area contributed by atoms with E-state index in [9.17, 15) is 14.4 Å². The second kappa shape index (κ2) is 14.6. The summed E-state index contributed by atoms with van der Waals surface area (Å²) in [5, 5.41) is 15.6. The van der Waals surface area contributed by atoms with Crippen molar-refractivity contribution in [3.05, 3.63) is 82.4 Å². The van der Waals surface area contributed by atoms with Gasteiger partial charge in [-0.25, -0.2) is 9.59 Å². The van der Waals surface area contributed by atoms with E-state index in [0.29, 0.717) is 17.7 Å². The Morgan fingerprint density at radius 1 is 0.889 bits per heavy atom. The van der Waals surface area contributed by atoms with Gasteiger partial charge in [0.1, 0.15) is 5.75 Å². The minimum Gasteiger partial charge on any atom is -0.493 e. The molecule has 1 aliphatic heterocycles. The molecule has 1 fully saturated rings. The van der Waals surface area contributed by atoms with Crippen molar-refractivity contribution in [3.8, 4) is 5.75 Å². The smallest absolute Gasteiger partial charge is 0.328 e. The molecule has 0 aliphatic carbocycles. The maximum Gasteiger partial charge on any atom is 0.328 e. The van der Waals surface area contributed by atoms with Gasteiger partial charge in [-0.2, -0.15) is 0 Å². The molecule has 0 aromatic heterocycles. The van der Waals surface area contributed by atoms with Crippen molar-refractivity contribution in [2.24, 2.45) is 0 Å². The van der Waals surface area contributed by atoms with Gasteiger partial charge in [0.05, 0.1) is 6.61 Å². The number of likely N-dealkylation sites (tertiary alicyclic amines) is 1. The maximum atomic E-state index is 12.6. The molecule has 0 atom stereocenters. The van der Waals surface area contributed by atoms with Crippen LogP contribution in [-0.4, -0.2) is 59.1 Å². The molecule has 0 spiro atoms. The highest BCUT2D eigenvalue weighted by molar-refractivity contribution is 6.07. The second-order valence-electron chi connectivity index (χ2n) is 8.75. The zero-order chi connectivity index (χ0) is 26.5. The highest BCUT2D eigenvalue weighted by Gasteiger charge is 2.12. The van der Waals surface area contributed by atoms with Crippen LogP contribution in [0.25, 0.3) is 6.08 Å². The summed E-state index contributed by atoms with van der Waals surface area (Å²) in [7, 11) is 0. The van der Waals surface area contributed by atoms with E-state index >= 15 is 0 Å². The Kier molecular flexibility index (Phi) is 11.6. The standard InChI is InChI=1S/C25H31NO2.C4H4O4/c1-19-9-4-5-10-22(19)11-12-24(27)23-17-20(2)25(21(3)18-23)28-16-8-15-26-13-6-7-14-26;5-3(6)1-2-4(7)8/h4-5,9-12,17-18H,6-8,13-16H2,1-3H3;1-2H,(H,5,6)(H,7,8). The van der Waals surface area contributed by atoms with E-state index in [1.54, 1.807) is 6.08 Å². The third-order valence-electron chi connectivity index (χ3n) is 5.78. The van der Waals surface area contributed by atoms with Gasteiger partial charge in [0.2, 0.25) is 0 Å². The van der Waals surface area contributed by atoms with Crippen LogP contribution < -0.4 is 4.74 Å². The SMILES string of the molecule is Cc1ccccc1C=CC(=O)c1cc(C)c(OCCCN2CCCC2)c(C)c1.O=C(O)C=CC(=O)O. The Balaban J connectivity index is 0.000000493. The van der Waals surface area contributed by atoms with Gasteiger partial charge in [-0.15, -0.1) is 0 Å². The van der Waals surface area contributed by atoms with Crippen molar-refractivity contribution < 1.29 is 29.3 Å². The summed E-state index contributed by atoms with van der Waals surface area (Å²) in [5.74, 6) is -1.57. The van der Waals surface area contributed by atoms with E-state index in [1.807, 2.05) is 63.2 Å². The minimum absolute atomic E-state index is 0.0232. The quantitative estimate of drug-likeness (QED) is 0.270. The van der Waals surface area contributed by atoms with Gasteiger partial charge in [0, 0.05) is 24.3 Å². The second-order valence-corrected chi connectivity index (χ2v) is 8.75. The van der Waals surface area contributed by atoms with E-state index in [-0.39, 0.29) is 5.78 Å². The molecular formula is C29H35NO6. The Bertz CT molecular complexity index is 1070. The van der Waals surface area contributed by atoms with E-state index in [4.69, 9.17) is 14.9 Å². The number of carbonyl (C=O) groups excluding carboxylic acids is 1. The fraction of sp³-hybridized carbons (Fsp3) is 0.345. The number of benzene rings is 2. The number of carbonyl (C=O) groups is 3. The summed E-state index contributed by atoms with van der Waals surface area (Å²) in [6, 6.07) is 11.9. The number of allylic oxidation sites excluding steroid dienone is 1. The zero-order valence-corrected chi connectivity index (χ0v) is 21.2. The topological polar surface area (TPSA) is 104 Å². The molecule has 2 N–H and O–H groups in total. The van der Waals surface area contributed by atoms with Crippen molar-refractivity contribution in [1.29, 1.82) is 0 Å². The van der Waals surface area contributed by atoms with Crippen LogP contribution in [0.2, 0.25) is 0 Å². The number of hydrogen-bond acceptors (Lipinski definition) is 5. The minimum atomic E-state index is -1.26. The molecular weight excluding hydrogens is 458 g/mol. The van der Waals surface area contributed by atoms with E-state index in [1.165, 1.54) is 25.9 Å². The van der Waals surface area contributed by atoms with Crippen molar-refractivity contribution in [2.75, 3.05) is 26.2 Å². The number of carboxylic acid groups (broad SMARTS) is 2. The molecule has 0 bridgehead atoms. The van der Waals surface area contributed by atoms with Crippen molar-refractivity contribution in [1.82, 2.24) is 4.90 Å². The zero-order valence-electron chi connectivity index (χ0n) is 21.2. The fourth-order valence-corrected chi connectivity index (χ4v) is 3.97. The van der Waals surface area contributed by atoms with Gasteiger partial charge in [-0.1, -0.05) is 30.3 Å². The molecule has 192 valence electrons. The molecule has 7 nitrogen and oxygen atoms in total. The molecule has 2 aromatic rings. The number of hydrogen-bond donors (Lipinski definition) is 2. The molecule has 0 radical (unpaired) electrons. The van der Waals surface area contributed by atoms with Crippen LogP contribution in [0.4, 0.5) is 0 Å². The molecule has 3 rings (SSSR count). The lowest BCUT2D eigenvalue weighted by Gasteiger charge is -2.16. The van der Waals surface area contributed by atoms with Gasteiger partial charge >= 0.3 is 11.9 Å². The van der Waals surface area contributed by atoms with Crippen LogP contribution >= 0.6 is 0 Å². The number of aryl methyl sites for hydroxylation is 3. The van der Waals surface area contributed by atoms with E-state index < -0.39 is 11.9 Å². The van der Waals surface area contributed by atoms with Gasteiger partial charge in [-0.3, -0.25) is 4.79 Å². The first-order valence-corrected chi connectivity index (χ1v) is 12.1. The predicted octanol–water partition coefficient (Wildman–Crippen LogP) is 5.08. The van der Waals surface area contributed by atoms with Crippen molar-refractivity contribution in [2.45, 2.75) is 40.0 Å². The monoisotopic (exact) mass is 493 g/mol. The first-order chi connectivity index (χ1) is 17.2. The number of ketones is 1. The van der Waals surface area contributed by atoms with Crippen LogP contribution in [0.3, 0.4) is 0 Å².